The Morgan fingerprint density at radius 1 is 0.341 bits per heavy atom. The Balaban J connectivity index is 1.41. The van der Waals surface area contributed by atoms with Crippen LogP contribution in [0.3, 0.4) is 0 Å². The second kappa shape index (κ2) is 11.1. The van der Waals surface area contributed by atoms with E-state index in [1.165, 1.54) is 72.0 Å². The number of para-hydroxylation sites is 1. The number of halogens is 1. The quantitative estimate of drug-likeness (QED) is 0.179. The smallest absolute Gasteiger partial charge is 0.0547 e. The molecule has 0 unspecified atom stereocenters. The van der Waals surface area contributed by atoms with Crippen LogP contribution in [0.4, 0.5) is 0 Å². The molecule has 0 atom stereocenters. The van der Waals surface area contributed by atoms with Crippen molar-refractivity contribution >= 4 is 37.7 Å². The van der Waals surface area contributed by atoms with E-state index in [9.17, 15) is 0 Å². The van der Waals surface area contributed by atoms with Crippen molar-refractivity contribution in [3.63, 3.8) is 0 Å². The summed E-state index contributed by atoms with van der Waals surface area (Å²) in [5.74, 6) is 0. The summed E-state index contributed by atoms with van der Waals surface area (Å²) in [6, 6.07) is 61.1. The van der Waals surface area contributed by atoms with E-state index in [-0.39, 0.29) is 0 Å². The number of hydrogen-bond acceptors (Lipinski definition) is 0. The molecule has 208 valence electrons. The average Bonchev–Trinajstić information content (AvgIpc) is 3.42. The van der Waals surface area contributed by atoms with Gasteiger partial charge in [-0.3, -0.25) is 0 Å². The van der Waals surface area contributed by atoms with Crippen LogP contribution in [-0.2, 0) is 0 Å². The molecule has 1 nitrogen and oxygen atoms in total. The fourth-order valence-electron chi connectivity index (χ4n) is 6.44. The van der Waals surface area contributed by atoms with Crippen molar-refractivity contribution in [2.45, 2.75) is 0 Å². The van der Waals surface area contributed by atoms with E-state index in [4.69, 9.17) is 0 Å². The summed E-state index contributed by atoms with van der Waals surface area (Å²) < 4.78 is 3.54. The Morgan fingerprint density at radius 2 is 0.932 bits per heavy atom. The van der Waals surface area contributed by atoms with E-state index < -0.39 is 0 Å². The van der Waals surface area contributed by atoms with Gasteiger partial charge in [-0.25, -0.2) is 0 Å². The topological polar surface area (TPSA) is 4.93 Å². The van der Waals surface area contributed by atoms with Gasteiger partial charge in [0.1, 0.15) is 0 Å². The lowest BCUT2D eigenvalue weighted by Gasteiger charge is -2.17. The van der Waals surface area contributed by atoms with Crippen LogP contribution < -0.4 is 0 Å². The molecule has 1 heterocycles. The fraction of sp³-hybridized carbons (Fsp3) is 0. The first-order chi connectivity index (χ1) is 21.8. The molecule has 0 radical (unpaired) electrons. The molecular weight excluding hydrogens is 598 g/mol. The molecule has 0 aliphatic carbocycles. The Hall–Kier alpha value is -5.18. The Morgan fingerprint density at radius 3 is 1.70 bits per heavy atom. The van der Waals surface area contributed by atoms with Gasteiger partial charge in [-0.1, -0.05) is 155 Å². The highest BCUT2D eigenvalue weighted by molar-refractivity contribution is 9.10. The maximum Gasteiger partial charge on any atom is 0.0547 e. The zero-order valence-electron chi connectivity index (χ0n) is 24.0. The number of fused-ring (bicyclic) bond motifs is 3. The van der Waals surface area contributed by atoms with Crippen LogP contribution in [-0.4, -0.2) is 4.57 Å². The van der Waals surface area contributed by atoms with E-state index in [2.05, 4.69) is 190 Å². The van der Waals surface area contributed by atoms with Gasteiger partial charge >= 0.3 is 0 Å². The third-order valence-electron chi connectivity index (χ3n) is 8.51. The monoisotopic (exact) mass is 625 g/mol. The minimum absolute atomic E-state index is 1.09. The van der Waals surface area contributed by atoms with E-state index in [0.717, 1.165) is 4.47 Å². The Kier molecular flexibility index (Phi) is 6.70. The van der Waals surface area contributed by atoms with Gasteiger partial charge in [0.25, 0.3) is 0 Å². The molecular formula is C42H28BrN. The molecule has 0 N–H and O–H groups in total. The van der Waals surface area contributed by atoms with Crippen LogP contribution in [0.5, 0.6) is 0 Å². The molecule has 0 saturated carbocycles. The maximum absolute atomic E-state index is 3.79. The highest BCUT2D eigenvalue weighted by Gasteiger charge is 2.18. The van der Waals surface area contributed by atoms with Gasteiger partial charge in [0.2, 0.25) is 0 Å². The maximum atomic E-state index is 3.79. The first-order valence-electron chi connectivity index (χ1n) is 14.9. The van der Waals surface area contributed by atoms with Crippen molar-refractivity contribution in [2.75, 3.05) is 0 Å². The molecule has 0 aliphatic rings. The second-order valence-electron chi connectivity index (χ2n) is 11.1. The average molecular weight is 627 g/mol. The zero-order valence-corrected chi connectivity index (χ0v) is 25.6. The molecule has 0 aliphatic heterocycles. The summed E-state index contributed by atoms with van der Waals surface area (Å²) in [5, 5.41) is 2.49. The number of hydrogen-bond donors (Lipinski definition) is 0. The Bertz CT molecular complexity index is 2280. The summed E-state index contributed by atoms with van der Waals surface area (Å²) in [5.41, 5.74) is 13.2. The van der Waals surface area contributed by atoms with Crippen molar-refractivity contribution in [3.8, 4) is 50.2 Å². The van der Waals surface area contributed by atoms with Crippen molar-refractivity contribution in [1.29, 1.82) is 0 Å². The molecule has 1 aromatic heterocycles. The van der Waals surface area contributed by atoms with Crippen molar-refractivity contribution in [3.05, 3.63) is 174 Å². The van der Waals surface area contributed by atoms with Gasteiger partial charge in [-0.15, -0.1) is 0 Å². The minimum atomic E-state index is 1.09. The number of benzene rings is 7. The summed E-state index contributed by atoms with van der Waals surface area (Å²) in [7, 11) is 0. The van der Waals surface area contributed by atoms with Gasteiger partial charge in [-0.2, -0.15) is 0 Å². The number of nitrogens with zero attached hydrogens (tertiary/aromatic N) is 1. The molecule has 0 amide bonds. The SMILES string of the molecule is Brc1ccccc1-c1ccccc1-c1ccc2c3ccccc3n(-c3ccc(-c4ccccc4)cc3-c3ccccc3)c2c1. The predicted molar refractivity (Wildman–Crippen MR) is 190 cm³/mol. The largest absolute Gasteiger partial charge is 0.309 e. The van der Waals surface area contributed by atoms with Crippen molar-refractivity contribution in [1.82, 2.24) is 4.57 Å². The third kappa shape index (κ3) is 4.56. The molecule has 7 aromatic carbocycles. The summed E-state index contributed by atoms with van der Waals surface area (Å²) >= 11 is 3.79. The lowest BCUT2D eigenvalue weighted by molar-refractivity contribution is 1.18. The van der Waals surface area contributed by atoms with E-state index in [1.54, 1.807) is 0 Å². The highest BCUT2D eigenvalue weighted by Crippen LogP contribution is 2.41. The number of aromatic nitrogens is 1. The molecule has 44 heavy (non-hydrogen) atoms. The zero-order chi connectivity index (χ0) is 29.5. The van der Waals surface area contributed by atoms with Crippen LogP contribution in [0, 0.1) is 0 Å². The van der Waals surface area contributed by atoms with Crippen LogP contribution in [0.25, 0.3) is 72.0 Å². The lowest BCUT2D eigenvalue weighted by atomic mass is 9.94. The first-order valence-corrected chi connectivity index (χ1v) is 15.7. The van der Waals surface area contributed by atoms with Gasteiger partial charge in [0, 0.05) is 20.8 Å². The molecule has 0 saturated heterocycles. The first kappa shape index (κ1) is 26.4. The van der Waals surface area contributed by atoms with Crippen molar-refractivity contribution in [2.24, 2.45) is 0 Å². The molecule has 0 spiro atoms. The lowest BCUT2D eigenvalue weighted by Crippen LogP contribution is -1.98. The Labute approximate surface area is 265 Å². The van der Waals surface area contributed by atoms with Crippen LogP contribution in [0.15, 0.2) is 174 Å². The summed E-state index contributed by atoms with van der Waals surface area (Å²) in [6.07, 6.45) is 0. The molecule has 0 fully saturated rings. The van der Waals surface area contributed by atoms with Gasteiger partial charge in [-0.05, 0) is 69.3 Å². The summed E-state index contributed by atoms with van der Waals surface area (Å²) in [4.78, 5) is 0. The van der Waals surface area contributed by atoms with Crippen molar-refractivity contribution < 1.29 is 0 Å². The van der Waals surface area contributed by atoms with Crippen LogP contribution >= 0.6 is 15.9 Å². The molecule has 8 aromatic rings. The molecule has 0 bridgehead atoms. The predicted octanol–water partition coefficient (Wildman–Crippen LogP) is 12.2. The highest BCUT2D eigenvalue weighted by atomic mass is 79.9. The van der Waals surface area contributed by atoms with Gasteiger partial charge in [0.05, 0.1) is 16.7 Å². The van der Waals surface area contributed by atoms with E-state index in [1.807, 2.05) is 0 Å². The fourth-order valence-corrected chi connectivity index (χ4v) is 6.94. The summed E-state index contributed by atoms with van der Waals surface area (Å²) in [6.45, 7) is 0. The minimum Gasteiger partial charge on any atom is -0.309 e. The van der Waals surface area contributed by atoms with Crippen LogP contribution in [0.2, 0.25) is 0 Å². The molecule has 2 heteroatoms. The van der Waals surface area contributed by atoms with E-state index >= 15 is 0 Å². The standard InChI is InChI=1S/C42H28BrN/c43-39-21-11-9-19-35(39)34-18-8-7-17-33(34)32-23-25-37-36-20-10-12-22-40(36)44(42(37)28-32)41-26-24-31(29-13-3-1-4-14-29)27-38(41)30-15-5-2-6-16-30/h1-28H. The third-order valence-corrected chi connectivity index (χ3v) is 9.20. The van der Waals surface area contributed by atoms with E-state index in [0.29, 0.717) is 0 Å². The second-order valence-corrected chi connectivity index (χ2v) is 11.9. The molecule has 8 rings (SSSR count). The van der Waals surface area contributed by atoms with Gasteiger partial charge in [0.15, 0.2) is 0 Å². The normalized spacial score (nSPS) is 11.3. The van der Waals surface area contributed by atoms with Crippen LogP contribution in [0.1, 0.15) is 0 Å². The van der Waals surface area contributed by atoms with Gasteiger partial charge < -0.3 is 4.57 Å². The number of rotatable bonds is 5.